The highest BCUT2D eigenvalue weighted by Gasteiger charge is 2.11. The molecule has 80 valence electrons. The van der Waals surface area contributed by atoms with E-state index in [1.54, 1.807) is 18.0 Å². The van der Waals surface area contributed by atoms with Gasteiger partial charge in [0.05, 0.1) is 0 Å². The van der Waals surface area contributed by atoms with Crippen LogP contribution in [0.4, 0.5) is 0 Å². The molecule has 1 heterocycles. The van der Waals surface area contributed by atoms with Crippen LogP contribution in [-0.2, 0) is 5.75 Å². The summed E-state index contributed by atoms with van der Waals surface area (Å²) in [7, 11) is 0. The maximum atomic E-state index is 8.83. The number of aromatic nitrogens is 1. The fraction of sp³-hybridized carbons (Fsp3) is 0.455. The quantitative estimate of drug-likeness (QED) is 0.843. The molecule has 0 radical (unpaired) electrons. The fourth-order valence-corrected chi connectivity index (χ4v) is 2.16. The van der Waals surface area contributed by atoms with Crippen molar-refractivity contribution in [1.29, 1.82) is 5.26 Å². The third-order valence-corrected chi connectivity index (χ3v) is 3.19. The van der Waals surface area contributed by atoms with Crippen molar-refractivity contribution in [3.8, 4) is 6.07 Å². The summed E-state index contributed by atoms with van der Waals surface area (Å²) in [5.74, 6) is 1.66. The van der Waals surface area contributed by atoms with E-state index in [1.165, 1.54) is 0 Å². The summed E-state index contributed by atoms with van der Waals surface area (Å²) in [6, 6.07) is 5.87. The van der Waals surface area contributed by atoms with Crippen molar-refractivity contribution >= 4 is 11.8 Å². The molecule has 15 heavy (non-hydrogen) atoms. The van der Waals surface area contributed by atoms with E-state index in [2.05, 4.69) is 11.1 Å². The lowest BCUT2D eigenvalue weighted by atomic mass is 10.1. The van der Waals surface area contributed by atoms with Gasteiger partial charge in [0.15, 0.2) is 0 Å². The molecular formula is C11H15N3S. The van der Waals surface area contributed by atoms with Crippen LogP contribution in [0.15, 0.2) is 18.3 Å². The van der Waals surface area contributed by atoms with Crippen molar-refractivity contribution in [1.82, 2.24) is 4.98 Å². The normalized spacial score (nSPS) is 11.1. The van der Waals surface area contributed by atoms with Crippen molar-refractivity contribution in [2.75, 3.05) is 5.75 Å². The Balaban J connectivity index is 2.55. The summed E-state index contributed by atoms with van der Waals surface area (Å²) in [4.78, 5) is 4.01. The van der Waals surface area contributed by atoms with E-state index in [1.807, 2.05) is 26.0 Å². The first kappa shape index (κ1) is 12.0. The molecule has 3 nitrogen and oxygen atoms in total. The Morgan fingerprint density at radius 1 is 1.60 bits per heavy atom. The number of nitrogens with two attached hydrogens (primary N) is 1. The molecule has 0 aliphatic rings. The molecule has 4 heteroatoms. The van der Waals surface area contributed by atoms with Gasteiger partial charge in [-0.3, -0.25) is 0 Å². The average molecular weight is 221 g/mol. The lowest BCUT2D eigenvalue weighted by molar-refractivity contribution is 0.591. The van der Waals surface area contributed by atoms with E-state index in [-0.39, 0.29) is 5.54 Å². The van der Waals surface area contributed by atoms with Crippen LogP contribution in [0.25, 0.3) is 0 Å². The second kappa shape index (κ2) is 5.15. The Hall–Kier alpha value is -1.05. The Bertz CT molecular complexity index is 363. The molecule has 0 aromatic carbocycles. The molecular weight excluding hydrogens is 206 g/mol. The van der Waals surface area contributed by atoms with Crippen LogP contribution in [0.5, 0.6) is 0 Å². The molecule has 2 N–H and O–H groups in total. The number of hydrogen-bond donors (Lipinski definition) is 1. The minimum atomic E-state index is -0.167. The zero-order valence-electron chi connectivity index (χ0n) is 9.03. The number of rotatable bonds is 4. The number of nitriles is 1. The highest BCUT2D eigenvalue weighted by molar-refractivity contribution is 7.98. The standard InChI is InChI=1S/C11H15N3S/c1-11(2,13)8-15-7-9-4-3-5-14-10(9)6-12/h3-5H,7-8,13H2,1-2H3. The van der Waals surface area contributed by atoms with Gasteiger partial charge in [0.1, 0.15) is 11.8 Å². The Labute approximate surface area is 94.7 Å². The van der Waals surface area contributed by atoms with Crippen molar-refractivity contribution in [2.45, 2.75) is 25.1 Å². The zero-order chi connectivity index (χ0) is 11.3. The predicted octanol–water partition coefficient (Wildman–Crippen LogP) is 1.92. The van der Waals surface area contributed by atoms with E-state index in [0.29, 0.717) is 5.69 Å². The van der Waals surface area contributed by atoms with E-state index >= 15 is 0 Å². The molecule has 0 spiro atoms. The minimum absolute atomic E-state index is 0.167. The van der Waals surface area contributed by atoms with Gasteiger partial charge in [-0.25, -0.2) is 4.98 Å². The largest absolute Gasteiger partial charge is 0.325 e. The maximum absolute atomic E-state index is 8.83. The topological polar surface area (TPSA) is 62.7 Å². The third-order valence-electron chi connectivity index (χ3n) is 1.73. The number of thioether (sulfide) groups is 1. The van der Waals surface area contributed by atoms with E-state index in [9.17, 15) is 0 Å². The lowest BCUT2D eigenvalue weighted by Crippen LogP contribution is -2.34. The molecule has 0 bridgehead atoms. The maximum Gasteiger partial charge on any atom is 0.144 e. The summed E-state index contributed by atoms with van der Waals surface area (Å²) in [6.07, 6.45) is 1.64. The van der Waals surface area contributed by atoms with E-state index in [0.717, 1.165) is 17.1 Å². The molecule has 0 amide bonds. The third kappa shape index (κ3) is 4.32. The zero-order valence-corrected chi connectivity index (χ0v) is 9.84. The Morgan fingerprint density at radius 3 is 2.93 bits per heavy atom. The summed E-state index contributed by atoms with van der Waals surface area (Å²) < 4.78 is 0. The summed E-state index contributed by atoms with van der Waals surface area (Å²) >= 11 is 1.73. The van der Waals surface area contributed by atoms with Crippen LogP contribution in [0.2, 0.25) is 0 Å². The van der Waals surface area contributed by atoms with E-state index < -0.39 is 0 Å². The van der Waals surface area contributed by atoms with Crippen molar-refractivity contribution in [3.63, 3.8) is 0 Å². The highest BCUT2D eigenvalue weighted by Crippen LogP contribution is 2.17. The van der Waals surface area contributed by atoms with Crippen molar-refractivity contribution < 1.29 is 0 Å². The predicted molar refractivity (Wildman–Crippen MR) is 63.4 cm³/mol. The van der Waals surface area contributed by atoms with Gasteiger partial charge in [-0.05, 0) is 25.5 Å². The first-order valence-electron chi connectivity index (χ1n) is 4.73. The first-order valence-corrected chi connectivity index (χ1v) is 5.89. The van der Waals surface area contributed by atoms with Gasteiger partial charge in [-0.1, -0.05) is 6.07 Å². The summed E-state index contributed by atoms with van der Waals surface area (Å²) in [5, 5.41) is 8.83. The average Bonchev–Trinajstić information content (AvgIpc) is 2.16. The molecule has 0 aliphatic carbocycles. The molecule has 0 saturated carbocycles. The van der Waals surface area contributed by atoms with Crippen LogP contribution < -0.4 is 5.73 Å². The second-order valence-electron chi connectivity index (χ2n) is 4.10. The smallest absolute Gasteiger partial charge is 0.144 e. The molecule has 1 rings (SSSR count). The Morgan fingerprint density at radius 2 is 2.33 bits per heavy atom. The number of nitrogens with zero attached hydrogens (tertiary/aromatic N) is 2. The number of hydrogen-bond acceptors (Lipinski definition) is 4. The van der Waals surface area contributed by atoms with Crippen LogP contribution in [0.3, 0.4) is 0 Å². The van der Waals surface area contributed by atoms with Gasteiger partial charge in [0, 0.05) is 23.2 Å². The molecule has 0 unspecified atom stereocenters. The van der Waals surface area contributed by atoms with Gasteiger partial charge < -0.3 is 5.73 Å². The van der Waals surface area contributed by atoms with Crippen molar-refractivity contribution in [2.24, 2.45) is 5.73 Å². The monoisotopic (exact) mass is 221 g/mol. The molecule has 0 atom stereocenters. The second-order valence-corrected chi connectivity index (χ2v) is 5.09. The summed E-state index contributed by atoms with van der Waals surface area (Å²) in [6.45, 7) is 3.99. The van der Waals surface area contributed by atoms with Crippen LogP contribution in [0, 0.1) is 11.3 Å². The number of pyridine rings is 1. The van der Waals surface area contributed by atoms with Crippen LogP contribution in [-0.4, -0.2) is 16.3 Å². The SMILES string of the molecule is CC(C)(N)CSCc1cccnc1C#N. The summed E-state index contributed by atoms with van der Waals surface area (Å²) in [5.41, 5.74) is 7.20. The first-order chi connectivity index (χ1) is 7.03. The van der Waals surface area contributed by atoms with Gasteiger partial charge in [-0.15, -0.1) is 0 Å². The van der Waals surface area contributed by atoms with Gasteiger partial charge in [0.25, 0.3) is 0 Å². The Kier molecular flexibility index (Phi) is 4.13. The van der Waals surface area contributed by atoms with E-state index in [4.69, 9.17) is 11.0 Å². The van der Waals surface area contributed by atoms with Gasteiger partial charge in [0.2, 0.25) is 0 Å². The molecule has 1 aromatic rings. The molecule has 0 saturated heterocycles. The minimum Gasteiger partial charge on any atom is -0.325 e. The molecule has 1 aromatic heterocycles. The highest BCUT2D eigenvalue weighted by atomic mass is 32.2. The van der Waals surface area contributed by atoms with Crippen molar-refractivity contribution in [3.05, 3.63) is 29.6 Å². The van der Waals surface area contributed by atoms with Gasteiger partial charge >= 0.3 is 0 Å². The lowest BCUT2D eigenvalue weighted by Gasteiger charge is -2.17. The molecule has 0 fully saturated rings. The fourth-order valence-electron chi connectivity index (χ4n) is 1.08. The molecule has 0 aliphatic heterocycles. The van der Waals surface area contributed by atoms with Crippen LogP contribution >= 0.6 is 11.8 Å². The van der Waals surface area contributed by atoms with Gasteiger partial charge in [-0.2, -0.15) is 17.0 Å². The van der Waals surface area contributed by atoms with Crippen LogP contribution in [0.1, 0.15) is 25.1 Å².